The van der Waals surface area contributed by atoms with E-state index in [-0.39, 0.29) is 11.4 Å². The first-order chi connectivity index (χ1) is 18.0. The van der Waals surface area contributed by atoms with Crippen LogP contribution in [0.15, 0.2) is 30.6 Å². The van der Waals surface area contributed by atoms with Crippen LogP contribution in [-0.4, -0.2) is 69.1 Å². The number of piperazine rings is 1. The van der Waals surface area contributed by atoms with Crippen LogP contribution in [0, 0.1) is 12.8 Å². The lowest BCUT2D eigenvalue weighted by Crippen LogP contribution is -2.52. The third kappa shape index (κ3) is 4.74. The Hall–Kier alpha value is -3.64. The molecule has 5 heterocycles. The fourth-order valence-electron chi connectivity index (χ4n) is 5.98. The number of terminal acetylenes is 1. The number of nitrogens with zero attached hydrogens (tertiary/aromatic N) is 6. The van der Waals surface area contributed by atoms with Crippen molar-refractivity contribution >= 4 is 34.4 Å². The summed E-state index contributed by atoms with van der Waals surface area (Å²) in [6, 6.07) is 6.62. The van der Waals surface area contributed by atoms with E-state index in [2.05, 4.69) is 67.7 Å². The molecule has 3 aliphatic rings. The summed E-state index contributed by atoms with van der Waals surface area (Å²) in [6.45, 7) is 9.36. The zero-order chi connectivity index (χ0) is 26.0. The third-order valence-electron chi connectivity index (χ3n) is 8.01. The van der Waals surface area contributed by atoms with E-state index >= 15 is 0 Å². The maximum Gasteiger partial charge on any atom is 0.268 e. The standard InChI is InChI=1S/C26H34N8O.C2H2/c1-18(2)32-10-12-33(13-11-32)20-6-7-22(27-16-20)30-25-28-15-19-14-21-24(35)29-17-26(8-4-3-5-9-26)34(21)23(19)31-25;1-2/h6-7,14-16,18H,3-5,8-13,17H2,1-2H3,(H,29,35)(H,27,28,30,31);1-2H. The summed E-state index contributed by atoms with van der Waals surface area (Å²) in [5, 5.41) is 7.29. The van der Waals surface area contributed by atoms with Crippen LogP contribution in [0.25, 0.3) is 11.0 Å². The Morgan fingerprint density at radius 1 is 1.03 bits per heavy atom. The number of hydrogen-bond donors (Lipinski definition) is 2. The summed E-state index contributed by atoms with van der Waals surface area (Å²) in [5.74, 6) is 1.19. The van der Waals surface area contributed by atoms with Crippen molar-refractivity contribution in [2.45, 2.75) is 57.5 Å². The van der Waals surface area contributed by atoms with Gasteiger partial charge in [0.2, 0.25) is 5.95 Å². The Bertz CT molecular complexity index is 1260. The second kappa shape index (κ2) is 10.4. The number of fused-ring (bicyclic) bond motifs is 4. The number of pyridine rings is 1. The van der Waals surface area contributed by atoms with Gasteiger partial charge in [0.15, 0.2) is 0 Å². The van der Waals surface area contributed by atoms with Gasteiger partial charge in [-0.2, -0.15) is 4.98 Å². The number of aromatic nitrogens is 4. The lowest BCUT2D eigenvalue weighted by atomic mass is 9.80. The lowest BCUT2D eigenvalue weighted by molar-refractivity contribution is 0.0833. The molecule has 0 aromatic carbocycles. The van der Waals surface area contributed by atoms with Crippen molar-refractivity contribution in [1.82, 2.24) is 29.7 Å². The van der Waals surface area contributed by atoms with E-state index in [1.54, 1.807) is 0 Å². The predicted molar refractivity (Wildman–Crippen MR) is 147 cm³/mol. The molecule has 0 unspecified atom stereocenters. The second-order valence-corrected chi connectivity index (χ2v) is 10.4. The maximum atomic E-state index is 12.7. The minimum Gasteiger partial charge on any atom is -0.368 e. The molecule has 3 aromatic rings. The zero-order valence-electron chi connectivity index (χ0n) is 21.8. The Kier molecular flexibility index (Phi) is 7.02. The van der Waals surface area contributed by atoms with Gasteiger partial charge < -0.3 is 20.1 Å². The van der Waals surface area contributed by atoms with Gasteiger partial charge in [0.1, 0.15) is 17.2 Å². The Morgan fingerprint density at radius 3 is 2.46 bits per heavy atom. The number of carbonyl (C=O) groups excluding carboxylic acids is 1. The van der Waals surface area contributed by atoms with E-state index in [0.717, 1.165) is 55.7 Å². The van der Waals surface area contributed by atoms with Crippen LogP contribution in [0.4, 0.5) is 17.5 Å². The van der Waals surface area contributed by atoms with E-state index in [9.17, 15) is 4.79 Å². The molecule has 2 aliphatic heterocycles. The van der Waals surface area contributed by atoms with Crippen LogP contribution in [-0.2, 0) is 5.54 Å². The molecule has 1 spiro atoms. The van der Waals surface area contributed by atoms with Crippen molar-refractivity contribution in [3.8, 4) is 12.8 Å². The molecule has 0 radical (unpaired) electrons. The first-order valence-corrected chi connectivity index (χ1v) is 13.3. The van der Waals surface area contributed by atoms with Crippen molar-refractivity contribution in [2.75, 3.05) is 42.9 Å². The Labute approximate surface area is 218 Å². The van der Waals surface area contributed by atoms with Crippen LogP contribution in [0.2, 0.25) is 0 Å². The normalized spacial score (nSPS) is 19.3. The molecule has 2 N–H and O–H groups in total. The SMILES string of the molecule is C#C.CC(C)N1CCN(c2ccc(Nc3ncc4cc5n(c4n3)C3(CCCCC3)CNC5=O)nc2)CC1. The number of hydrogen-bond acceptors (Lipinski definition) is 7. The van der Waals surface area contributed by atoms with Gasteiger partial charge in [0.25, 0.3) is 5.91 Å². The van der Waals surface area contributed by atoms with Gasteiger partial charge in [-0.25, -0.2) is 9.97 Å². The van der Waals surface area contributed by atoms with Gasteiger partial charge in [-0.1, -0.05) is 19.3 Å². The van der Waals surface area contributed by atoms with Gasteiger partial charge in [-0.3, -0.25) is 9.69 Å². The topological polar surface area (TPSA) is 91.2 Å². The molecule has 1 saturated heterocycles. The molecule has 2 fully saturated rings. The summed E-state index contributed by atoms with van der Waals surface area (Å²) in [5.41, 5.74) is 2.57. The molecule has 9 heteroatoms. The summed E-state index contributed by atoms with van der Waals surface area (Å²) >= 11 is 0. The van der Waals surface area contributed by atoms with Gasteiger partial charge in [0.05, 0.1) is 17.4 Å². The number of amides is 1. The summed E-state index contributed by atoms with van der Waals surface area (Å²) in [6.07, 6.45) is 17.5. The Morgan fingerprint density at radius 2 is 1.78 bits per heavy atom. The fourth-order valence-corrected chi connectivity index (χ4v) is 5.98. The van der Waals surface area contributed by atoms with Crippen molar-refractivity contribution in [1.29, 1.82) is 0 Å². The van der Waals surface area contributed by atoms with Gasteiger partial charge in [0, 0.05) is 50.3 Å². The molecule has 37 heavy (non-hydrogen) atoms. The quantitative estimate of drug-likeness (QED) is 0.527. The summed E-state index contributed by atoms with van der Waals surface area (Å²) in [7, 11) is 0. The Balaban J connectivity index is 0.00000137. The van der Waals surface area contributed by atoms with E-state index in [4.69, 9.17) is 4.98 Å². The summed E-state index contributed by atoms with van der Waals surface area (Å²) in [4.78, 5) is 31.6. The van der Waals surface area contributed by atoms with E-state index in [1.165, 1.54) is 19.3 Å². The average molecular weight is 501 g/mol. The van der Waals surface area contributed by atoms with Crippen LogP contribution in [0.3, 0.4) is 0 Å². The molecular weight excluding hydrogens is 464 g/mol. The number of anilines is 3. The first-order valence-electron chi connectivity index (χ1n) is 13.3. The van der Waals surface area contributed by atoms with Crippen LogP contribution in [0.5, 0.6) is 0 Å². The zero-order valence-corrected chi connectivity index (χ0v) is 21.8. The van der Waals surface area contributed by atoms with Crippen molar-refractivity contribution in [2.24, 2.45) is 0 Å². The van der Waals surface area contributed by atoms with E-state index < -0.39 is 0 Å². The monoisotopic (exact) mass is 500 g/mol. The van der Waals surface area contributed by atoms with Crippen LogP contribution >= 0.6 is 0 Å². The van der Waals surface area contributed by atoms with Gasteiger partial charge in [-0.05, 0) is 44.9 Å². The number of nitrogens with one attached hydrogen (secondary N) is 2. The highest BCUT2D eigenvalue weighted by Gasteiger charge is 2.41. The molecule has 0 bridgehead atoms. The molecule has 1 amide bonds. The molecule has 3 aromatic heterocycles. The largest absolute Gasteiger partial charge is 0.368 e. The minimum atomic E-state index is -0.0889. The number of rotatable bonds is 4. The highest BCUT2D eigenvalue weighted by molar-refractivity contribution is 5.99. The minimum absolute atomic E-state index is 0.0276. The van der Waals surface area contributed by atoms with E-state index in [1.807, 2.05) is 24.5 Å². The molecule has 194 valence electrons. The average Bonchev–Trinajstić information content (AvgIpc) is 3.34. The highest BCUT2D eigenvalue weighted by atomic mass is 16.2. The second-order valence-electron chi connectivity index (χ2n) is 10.4. The first kappa shape index (κ1) is 25.0. The molecule has 0 atom stereocenters. The highest BCUT2D eigenvalue weighted by Crippen LogP contribution is 2.40. The maximum absolute atomic E-state index is 12.7. The van der Waals surface area contributed by atoms with Crippen LogP contribution < -0.4 is 15.5 Å². The van der Waals surface area contributed by atoms with Gasteiger partial charge in [-0.15, -0.1) is 12.8 Å². The molecule has 1 aliphatic carbocycles. The van der Waals surface area contributed by atoms with Crippen molar-refractivity contribution in [3.63, 3.8) is 0 Å². The van der Waals surface area contributed by atoms with E-state index in [0.29, 0.717) is 30.0 Å². The van der Waals surface area contributed by atoms with Crippen molar-refractivity contribution < 1.29 is 4.79 Å². The summed E-state index contributed by atoms with van der Waals surface area (Å²) < 4.78 is 2.19. The molecule has 6 rings (SSSR count). The molecular formula is C28H36N8O. The fraction of sp³-hybridized carbons (Fsp3) is 0.500. The molecule has 9 nitrogen and oxygen atoms in total. The van der Waals surface area contributed by atoms with Crippen LogP contribution in [0.1, 0.15) is 56.4 Å². The van der Waals surface area contributed by atoms with Gasteiger partial charge >= 0.3 is 0 Å². The number of carbonyl (C=O) groups is 1. The lowest BCUT2D eigenvalue weighted by Gasteiger charge is -2.42. The van der Waals surface area contributed by atoms with Crippen molar-refractivity contribution in [3.05, 3.63) is 36.3 Å². The molecule has 1 saturated carbocycles. The third-order valence-corrected chi connectivity index (χ3v) is 8.01. The smallest absolute Gasteiger partial charge is 0.268 e. The predicted octanol–water partition coefficient (Wildman–Crippen LogP) is 3.75.